The SMILES string of the molecule is CCc1ccc(C2=CC(c3c(C)nn(-c4ccccc4)c3-n3nnc4ccccc43)n3cnnc3N2)cc1. The van der Waals surface area contributed by atoms with E-state index in [1.807, 2.05) is 75.5 Å². The van der Waals surface area contributed by atoms with Crippen LogP contribution in [0.25, 0.3) is 28.2 Å². The first-order chi connectivity index (χ1) is 18.7. The molecule has 1 atom stereocenters. The number of anilines is 1. The number of hydrogen-bond acceptors (Lipinski definition) is 6. The molecule has 1 unspecified atom stereocenters. The lowest BCUT2D eigenvalue weighted by molar-refractivity contribution is 0.674. The van der Waals surface area contributed by atoms with Crippen LogP contribution in [-0.4, -0.2) is 39.5 Å². The van der Waals surface area contributed by atoms with Gasteiger partial charge in [-0.05, 0) is 54.8 Å². The fourth-order valence-electron chi connectivity index (χ4n) is 5.10. The lowest BCUT2D eigenvalue weighted by Crippen LogP contribution is -2.21. The summed E-state index contributed by atoms with van der Waals surface area (Å²) in [5.74, 6) is 1.50. The Morgan fingerprint density at radius 2 is 1.66 bits per heavy atom. The maximum absolute atomic E-state index is 5.02. The van der Waals surface area contributed by atoms with Crippen LogP contribution >= 0.6 is 0 Å². The van der Waals surface area contributed by atoms with Crippen molar-refractivity contribution in [3.63, 3.8) is 0 Å². The normalized spacial score (nSPS) is 14.8. The molecule has 1 aliphatic rings. The predicted molar refractivity (Wildman–Crippen MR) is 146 cm³/mol. The molecule has 4 heterocycles. The van der Waals surface area contributed by atoms with Crippen LogP contribution in [-0.2, 0) is 6.42 Å². The van der Waals surface area contributed by atoms with Gasteiger partial charge in [-0.15, -0.1) is 15.3 Å². The van der Waals surface area contributed by atoms with Gasteiger partial charge in [-0.3, -0.25) is 4.57 Å². The van der Waals surface area contributed by atoms with Gasteiger partial charge in [-0.2, -0.15) is 9.78 Å². The number of allylic oxidation sites excluding steroid dienone is 1. The van der Waals surface area contributed by atoms with Crippen LogP contribution < -0.4 is 5.32 Å². The molecule has 0 amide bonds. The van der Waals surface area contributed by atoms with E-state index in [0.29, 0.717) is 5.95 Å². The van der Waals surface area contributed by atoms with Gasteiger partial charge in [0.05, 0.1) is 22.9 Å². The molecule has 186 valence electrons. The summed E-state index contributed by atoms with van der Waals surface area (Å²) < 4.78 is 5.86. The summed E-state index contributed by atoms with van der Waals surface area (Å²) in [4.78, 5) is 0. The molecule has 3 aromatic carbocycles. The van der Waals surface area contributed by atoms with Crippen molar-refractivity contribution in [2.45, 2.75) is 26.3 Å². The maximum Gasteiger partial charge on any atom is 0.229 e. The lowest BCUT2D eigenvalue weighted by Gasteiger charge is -2.25. The van der Waals surface area contributed by atoms with Crippen molar-refractivity contribution in [2.75, 3.05) is 5.32 Å². The van der Waals surface area contributed by atoms with Gasteiger partial charge in [-0.1, -0.05) is 66.7 Å². The van der Waals surface area contributed by atoms with Crippen molar-refractivity contribution in [1.82, 2.24) is 39.5 Å². The topological polar surface area (TPSA) is 91.3 Å². The van der Waals surface area contributed by atoms with Gasteiger partial charge in [0.25, 0.3) is 0 Å². The minimum atomic E-state index is -0.225. The molecule has 9 nitrogen and oxygen atoms in total. The van der Waals surface area contributed by atoms with Crippen molar-refractivity contribution in [3.8, 4) is 11.5 Å². The van der Waals surface area contributed by atoms with E-state index in [1.165, 1.54) is 5.56 Å². The Kier molecular flexibility index (Phi) is 5.14. The van der Waals surface area contributed by atoms with Crippen molar-refractivity contribution in [3.05, 3.63) is 114 Å². The van der Waals surface area contributed by atoms with Gasteiger partial charge in [0.1, 0.15) is 11.8 Å². The minimum absolute atomic E-state index is 0.225. The van der Waals surface area contributed by atoms with Crippen molar-refractivity contribution in [2.24, 2.45) is 0 Å². The van der Waals surface area contributed by atoms with E-state index in [9.17, 15) is 0 Å². The van der Waals surface area contributed by atoms with E-state index >= 15 is 0 Å². The molecule has 0 bridgehead atoms. The van der Waals surface area contributed by atoms with Gasteiger partial charge in [-0.25, -0.2) is 4.68 Å². The van der Waals surface area contributed by atoms with Crippen molar-refractivity contribution in [1.29, 1.82) is 0 Å². The molecule has 1 N–H and O–H groups in total. The molecule has 1 aliphatic heterocycles. The molecule has 0 fully saturated rings. The summed E-state index contributed by atoms with van der Waals surface area (Å²) in [6.07, 6.45) is 4.96. The van der Waals surface area contributed by atoms with Crippen LogP contribution in [0, 0.1) is 6.92 Å². The first-order valence-corrected chi connectivity index (χ1v) is 12.6. The third kappa shape index (κ3) is 3.51. The molecule has 0 aliphatic carbocycles. The van der Waals surface area contributed by atoms with E-state index in [4.69, 9.17) is 5.10 Å². The van der Waals surface area contributed by atoms with E-state index < -0.39 is 0 Å². The number of aromatic nitrogens is 8. The molecule has 6 aromatic rings. The molecule has 0 saturated carbocycles. The van der Waals surface area contributed by atoms with Crippen molar-refractivity contribution >= 4 is 22.7 Å². The van der Waals surface area contributed by atoms with Crippen LogP contribution in [0.5, 0.6) is 0 Å². The van der Waals surface area contributed by atoms with Gasteiger partial charge in [0, 0.05) is 11.3 Å². The summed E-state index contributed by atoms with van der Waals surface area (Å²) in [7, 11) is 0. The molecular formula is C29H25N9. The second-order valence-electron chi connectivity index (χ2n) is 9.32. The first-order valence-electron chi connectivity index (χ1n) is 12.6. The number of nitrogens with zero attached hydrogens (tertiary/aromatic N) is 8. The Bertz CT molecular complexity index is 1790. The fraction of sp³-hybridized carbons (Fsp3) is 0.138. The second-order valence-corrected chi connectivity index (χ2v) is 9.32. The zero-order chi connectivity index (χ0) is 25.6. The van der Waals surface area contributed by atoms with E-state index in [2.05, 4.69) is 63.1 Å². The van der Waals surface area contributed by atoms with Crippen LogP contribution in [0.15, 0.2) is 91.3 Å². The number of fused-ring (bicyclic) bond motifs is 2. The predicted octanol–water partition coefficient (Wildman–Crippen LogP) is 5.12. The van der Waals surface area contributed by atoms with Gasteiger partial charge in [0.2, 0.25) is 5.95 Å². The zero-order valence-electron chi connectivity index (χ0n) is 21.0. The molecule has 7 rings (SSSR count). The summed E-state index contributed by atoms with van der Waals surface area (Å²) in [6.45, 7) is 4.20. The first kappa shape index (κ1) is 22.2. The Labute approximate surface area is 219 Å². The number of rotatable bonds is 5. The fourth-order valence-corrected chi connectivity index (χ4v) is 5.10. The van der Waals surface area contributed by atoms with Crippen molar-refractivity contribution < 1.29 is 0 Å². The summed E-state index contributed by atoms with van der Waals surface area (Å²) in [5, 5.41) is 26.1. The third-order valence-corrected chi connectivity index (χ3v) is 7.05. The second kappa shape index (κ2) is 8.81. The molecular weight excluding hydrogens is 474 g/mol. The molecule has 9 heteroatoms. The Hall–Kier alpha value is -5.05. The van der Waals surface area contributed by atoms with E-state index in [0.717, 1.165) is 51.5 Å². The monoisotopic (exact) mass is 499 g/mol. The summed E-state index contributed by atoms with van der Waals surface area (Å²) in [6, 6.07) is 26.5. The van der Waals surface area contributed by atoms with Crippen LogP contribution in [0.4, 0.5) is 5.95 Å². The number of hydrogen-bond donors (Lipinski definition) is 1. The quantitative estimate of drug-likeness (QED) is 0.354. The number of nitrogens with one attached hydrogen (secondary N) is 1. The molecule has 0 saturated heterocycles. The minimum Gasteiger partial charge on any atom is -0.324 e. The van der Waals surface area contributed by atoms with E-state index in [1.54, 1.807) is 6.33 Å². The van der Waals surface area contributed by atoms with Gasteiger partial charge < -0.3 is 5.32 Å². The zero-order valence-corrected chi connectivity index (χ0v) is 21.0. The van der Waals surface area contributed by atoms with Gasteiger partial charge >= 0.3 is 0 Å². The Morgan fingerprint density at radius 1 is 0.868 bits per heavy atom. The molecule has 3 aromatic heterocycles. The molecule has 0 spiro atoms. The highest BCUT2D eigenvalue weighted by Gasteiger charge is 2.31. The highest BCUT2D eigenvalue weighted by Crippen LogP contribution is 2.38. The number of para-hydroxylation sites is 2. The Morgan fingerprint density at radius 3 is 2.47 bits per heavy atom. The largest absolute Gasteiger partial charge is 0.324 e. The molecule has 0 radical (unpaired) electrons. The van der Waals surface area contributed by atoms with Gasteiger partial charge in [0.15, 0.2) is 5.82 Å². The highest BCUT2D eigenvalue weighted by molar-refractivity contribution is 5.79. The van der Waals surface area contributed by atoms with E-state index in [-0.39, 0.29) is 6.04 Å². The van der Waals surface area contributed by atoms with Crippen LogP contribution in [0.2, 0.25) is 0 Å². The van der Waals surface area contributed by atoms with Crippen LogP contribution in [0.1, 0.15) is 35.3 Å². The van der Waals surface area contributed by atoms with Crippen LogP contribution in [0.3, 0.4) is 0 Å². The maximum atomic E-state index is 5.02. The average Bonchev–Trinajstić information content (AvgIpc) is 3.70. The highest BCUT2D eigenvalue weighted by atomic mass is 15.5. The summed E-state index contributed by atoms with van der Waals surface area (Å²) >= 11 is 0. The standard InChI is InChI=1S/C29H25N9/c1-3-20-13-15-21(16-14-20)24-17-26(36-18-30-33-29(36)31-24)27-19(2)34-37(22-9-5-4-6-10-22)28(27)38-25-12-8-7-11-23(25)32-35-38/h4-18,26H,3H2,1-2H3,(H,31,33). The average molecular weight is 500 g/mol. The number of benzene rings is 3. The third-order valence-electron chi connectivity index (χ3n) is 7.05. The number of aryl methyl sites for hydroxylation is 2. The Balaban J connectivity index is 1.48. The smallest absolute Gasteiger partial charge is 0.229 e. The lowest BCUT2D eigenvalue weighted by atomic mass is 10.00. The summed E-state index contributed by atoms with van der Waals surface area (Å²) in [5.41, 5.74) is 7.89. The molecule has 38 heavy (non-hydrogen) atoms.